The third-order valence-electron chi connectivity index (χ3n) is 3.66. The number of halogens is 1. The van der Waals surface area contributed by atoms with Crippen LogP contribution in [0, 0.1) is 11.3 Å². The quantitative estimate of drug-likeness (QED) is 0.563. The molecule has 0 bridgehead atoms. The van der Waals surface area contributed by atoms with Gasteiger partial charge in [-0.3, -0.25) is 0 Å². The molecular formula is C18H11ClN4OS. The van der Waals surface area contributed by atoms with E-state index in [4.69, 9.17) is 21.6 Å². The van der Waals surface area contributed by atoms with Crippen molar-refractivity contribution in [1.29, 1.82) is 5.26 Å². The van der Waals surface area contributed by atoms with Crippen LogP contribution >= 0.6 is 22.9 Å². The summed E-state index contributed by atoms with van der Waals surface area (Å²) >= 11 is 7.89. The summed E-state index contributed by atoms with van der Waals surface area (Å²) in [6.45, 7) is 0.447. The van der Waals surface area contributed by atoms with Gasteiger partial charge in [-0.25, -0.2) is 0 Å². The second-order valence-corrected chi connectivity index (χ2v) is 6.95. The maximum Gasteiger partial charge on any atom is 0.190 e. The Hall–Kier alpha value is -2.88. The van der Waals surface area contributed by atoms with Crippen molar-refractivity contribution in [3.8, 4) is 23.1 Å². The number of hydrogen-bond donors (Lipinski definition) is 1. The number of nitrogens with zero attached hydrogens (tertiary/aromatic N) is 3. The zero-order valence-electron chi connectivity index (χ0n) is 12.9. The highest BCUT2D eigenvalue weighted by Crippen LogP contribution is 2.30. The molecular weight excluding hydrogens is 356 g/mol. The van der Waals surface area contributed by atoms with Gasteiger partial charge in [0.25, 0.3) is 0 Å². The highest BCUT2D eigenvalue weighted by molar-refractivity contribution is 7.19. The minimum Gasteiger partial charge on any atom is -0.488 e. The van der Waals surface area contributed by atoms with E-state index in [-0.39, 0.29) is 5.69 Å². The first kappa shape index (κ1) is 15.6. The second-order valence-electron chi connectivity index (χ2n) is 5.35. The SMILES string of the molecule is N#Cc1n[nH]nc1-c1cc(Cl)cc(OCc2cc3ccccc3s2)c1. The lowest BCUT2D eigenvalue weighted by molar-refractivity contribution is 0.310. The van der Waals surface area contributed by atoms with Gasteiger partial charge < -0.3 is 4.74 Å². The van der Waals surface area contributed by atoms with Gasteiger partial charge in [0.1, 0.15) is 24.1 Å². The molecule has 0 fully saturated rings. The Bertz CT molecular complexity index is 1060. The largest absolute Gasteiger partial charge is 0.488 e. The summed E-state index contributed by atoms with van der Waals surface area (Å²) < 4.78 is 7.13. The van der Waals surface area contributed by atoms with Crippen molar-refractivity contribution < 1.29 is 4.74 Å². The van der Waals surface area contributed by atoms with Gasteiger partial charge in [-0.15, -0.1) is 16.4 Å². The average molecular weight is 367 g/mol. The van der Waals surface area contributed by atoms with Crippen molar-refractivity contribution in [1.82, 2.24) is 15.4 Å². The van der Waals surface area contributed by atoms with Gasteiger partial charge in [0, 0.05) is 20.2 Å². The fourth-order valence-corrected chi connectivity index (χ4v) is 3.76. The summed E-state index contributed by atoms with van der Waals surface area (Å²) in [5.41, 5.74) is 1.36. The van der Waals surface area contributed by atoms with E-state index in [0.29, 0.717) is 28.6 Å². The summed E-state index contributed by atoms with van der Waals surface area (Å²) in [5.74, 6) is 0.617. The number of nitrogens with one attached hydrogen (secondary N) is 1. The zero-order chi connectivity index (χ0) is 17.2. The monoisotopic (exact) mass is 366 g/mol. The predicted octanol–water partition coefficient (Wildman–Crippen LogP) is 4.79. The Labute approximate surface area is 152 Å². The fourth-order valence-electron chi connectivity index (χ4n) is 2.56. The highest BCUT2D eigenvalue weighted by Gasteiger charge is 2.12. The molecule has 2 aromatic heterocycles. The van der Waals surface area contributed by atoms with Gasteiger partial charge in [-0.05, 0) is 35.7 Å². The van der Waals surface area contributed by atoms with Crippen molar-refractivity contribution in [3.63, 3.8) is 0 Å². The Morgan fingerprint density at radius 1 is 1.16 bits per heavy atom. The summed E-state index contributed by atoms with van der Waals surface area (Å²) in [6.07, 6.45) is 0. The van der Waals surface area contributed by atoms with E-state index in [1.807, 2.05) is 18.2 Å². The minimum atomic E-state index is 0.220. The standard InChI is InChI=1S/C18H11ClN4OS/c19-13-5-12(18-16(9-20)21-23-22-18)6-14(8-13)24-10-15-7-11-3-1-2-4-17(11)25-15/h1-8H,10H2,(H,21,22,23). The topological polar surface area (TPSA) is 74.6 Å². The summed E-state index contributed by atoms with van der Waals surface area (Å²) in [7, 11) is 0. The zero-order valence-corrected chi connectivity index (χ0v) is 14.4. The summed E-state index contributed by atoms with van der Waals surface area (Å²) in [6, 6.07) is 17.6. The second kappa shape index (κ2) is 6.55. The van der Waals surface area contributed by atoms with Gasteiger partial charge >= 0.3 is 0 Å². The number of ether oxygens (including phenoxy) is 1. The fraction of sp³-hybridized carbons (Fsp3) is 0.0556. The number of nitriles is 1. The van der Waals surface area contributed by atoms with E-state index >= 15 is 0 Å². The Balaban J connectivity index is 1.59. The summed E-state index contributed by atoms with van der Waals surface area (Å²) in [4.78, 5) is 1.13. The molecule has 2 aromatic carbocycles. The van der Waals surface area contributed by atoms with Crippen molar-refractivity contribution in [2.45, 2.75) is 6.61 Å². The molecule has 0 unspecified atom stereocenters. The van der Waals surface area contributed by atoms with E-state index in [1.165, 1.54) is 10.1 Å². The Morgan fingerprint density at radius 2 is 2.04 bits per heavy atom. The lowest BCUT2D eigenvalue weighted by Gasteiger charge is -2.07. The van der Waals surface area contributed by atoms with E-state index in [1.54, 1.807) is 29.5 Å². The van der Waals surface area contributed by atoms with Crippen LogP contribution in [0.4, 0.5) is 0 Å². The lowest BCUT2D eigenvalue weighted by Crippen LogP contribution is -1.93. The number of H-pyrrole nitrogens is 1. The van der Waals surface area contributed by atoms with Crippen molar-refractivity contribution in [2.75, 3.05) is 0 Å². The first-order chi connectivity index (χ1) is 12.2. The predicted molar refractivity (Wildman–Crippen MR) is 97.7 cm³/mol. The van der Waals surface area contributed by atoms with Crippen molar-refractivity contribution >= 4 is 33.0 Å². The molecule has 0 radical (unpaired) electrons. The molecule has 0 aliphatic carbocycles. The van der Waals surface area contributed by atoms with Crippen molar-refractivity contribution in [2.24, 2.45) is 0 Å². The molecule has 4 rings (SSSR count). The molecule has 25 heavy (non-hydrogen) atoms. The highest BCUT2D eigenvalue weighted by atomic mass is 35.5. The molecule has 2 heterocycles. The maximum atomic E-state index is 9.09. The molecule has 7 heteroatoms. The molecule has 0 aliphatic rings. The van der Waals surface area contributed by atoms with Gasteiger partial charge in [0.15, 0.2) is 5.69 Å². The molecule has 0 atom stereocenters. The number of aromatic nitrogens is 3. The van der Waals surface area contributed by atoms with Crippen LogP contribution in [0.2, 0.25) is 5.02 Å². The van der Waals surface area contributed by atoms with Crippen LogP contribution in [0.25, 0.3) is 21.3 Å². The van der Waals surface area contributed by atoms with Gasteiger partial charge in [-0.1, -0.05) is 29.8 Å². The number of fused-ring (bicyclic) bond motifs is 1. The molecule has 1 N–H and O–H groups in total. The first-order valence-corrected chi connectivity index (χ1v) is 8.64. The number of rotatable bonds is 4. The van der Waals surface area contributed by atoms with Gasteiger partial charge in [-0.2, -0.15) is 15.6 Å². The van der Waals surface area contributed by atoms with Crippen LogP contribution in [-0.4, -0.2) is 15.4 Å². The molecule has 0 spiro atoms. The number of hydrogen-bond acceptors (Lipinski definition) is 5. The first-order valence-electron chi connectivity index (χ1n) is 7.45. The van der Waals surface area contributed by atoms with Crippen molar-refractivity contribution in [3.05, 3.63) is 64.1 Å². The third kappa shape index (κ3) is 3.20. The summed E-state index contributed by atoms with van der Waals surface area (Å²) in [5, 5.41) is 21.1. The van der Waals surface area contributed by atoms with Gasteiger partial charge in [0.2, 0.25) is 0 Å². The van der Waals surface area contributed by atoms with Crippen LogP contribution < -0.4 is 4.74 Å². The smallest absolute Gasteiger partial charge is 0.190 e. The minimum absolute atomic E-state index is 0.220. The van der Waals surface area contributed by atoms with Crippen LogP contribution in [0.3, 0.4) is 0 Å². The van der Waals surface area contributed by atoms with E-state index in [9.17, 15) is 0 Å². The normalized spacial score (nSPS) is 10.7. The number of benzene rings is 2. The third-order valence-corrected chi connectivity index (χ3v) is 4.96. The number of aromatic amines is 1. The molecule has 122 valence electrons. The molecule has 4 aromatic rings. The van der Waals surface area contributed by atoms with Gasteiger partial charge in [0.05, 0.1) is 0 Å². The number of thiophene rings is 1. The average Bonchev–Trinajstić information content (AvgIpc) is 3.25. The molecule has 0 amide bonds. The molecule has 0 saturated carbocycles. The Kier molecular flexibility index (Phi) is 4.10. The lowest BCUT2D eigenvalue weighted by atomic mass is 10.1. The molecule has 0 aliphatic heterocycles. The van der Waals surface area contributed by atoms with Crippen LogP contribution in [-0.2, 0) is 6.61 Å². The van der Waals surface area contributed by atoms with E-state index in [0.717, 1.165) is 4.88 Å². The van der Waals surface area contributed by atoms with Crippen LogP contribution in [0.5, 0.6) is 5.75 Å². The molecule has 0 saturated heterocycles. The van der Waals surface area contributed by atoms with Crippen LogP contribution in [0.1, 0.15) is 10.6 Å². The van der Waals surface area contributed by atoms with E-state index in [2.05, 4.69) is 33.6 Å². The van der Waals surface area contributed by atoms with E-state index < -0.39 is 0 Å². The Morgan fingerprint density at radius 3 is 2.88 bits per heavy atom. The molecule has 5 nitrogen and oxygen atoms in total. The van der Waals surface area contributed by atoms with Crippen LogP contribution in [0.15, 0.2) is 48.5 Å². The maximum absolute atomic E-state index is 9.09.